The molecule has 0 saturated heterocycles. The first-order chi connectivity index (χ1) is 12.2. The number of hydrogen-bond acceptors (Lipinski definition) is 4. The Bertz CT molecular complexity index is 846. The maximum absolute atomic E-state index is 12.3. The summed E-state index contributed by atoms with van der Waals surface area (Å²) in [5.41, 5.74) is 9.01. The van der Waals surface area contributed by atoms with Crippen LogP contribution in [0.25, 0.3) is 6.08 Å². The number of carbonyl (C=O) groups excluding carboxylic acids is 1. The fraction of sp³-hybridized carbons (Fsp3) is 0.0952. The lowest BCUT2D eigenvalue weighted by Gasteiger charge is -2.16. The predicted molar refractivity (Wildman–Crippen MR) is 97.8 cm³/mol. The molecule has 0 aliphatic heterocycles. The second-order valence-electron chi connectivity index (χ2n) is 5.65. The summed E-state index contributed by atoms with van der Waals surface area (Å²) in [5.74, 6) is 0.914. The summed E-state index contributed by atoms with van der Waals surface area (Å²) in [6.07, 6.45) is 5.98. The molecule has 0 bridgehead atoms. The molecule has 0 amide bonds. The van der Waals surface area contributed by atoms with E-state index < -0.39 is 0 Å². The molecule has 0 spiro atoms. The number of benzene rings is 2. The number of rotatable bonds is 4. The molecule has 2 aromatic carbocycles. The SMILES string of the molecule is COc1ccc(C=C2CC(N)=CC=C2OC(=O)c2ccccc2)cc1. The highest BCUT2D eigenvalue weighted by Gasteiger charge is 2.17. The number of nitrogens with two attached hydrogens (primary N) is 1. The van der Waals surface area contributed by atoms with Crippen LogP contribution >= 0.6 is 0 Å². The fourth-order valence-corrected chi connectivity index (χ4v) is 2.51. The van der Waals surface area contributed by atoms with E-state index in [0.717, 1.165) is 22.6 Å². The normalized spacial score (nSPS) is 15.3. The van der Waals surface area contributed by atoms with Crippen molar-refractivity contribution in [1.82, 2.24) is 0 Å². The highest BCUT2D eigenvalue weighted by molar-refractivity contribution is 5.90. The van der Waals surface area contributed by atoms with E-state index in [1.807, 2.05) is 36.4 Å². The minimum atomic E-state index is -0.388. The Morgan fingerprint density at radius 3 is 2.44 bits per heavy atom. The molecule has 126 valence electrons. The first-order valence-electron chi connectivity index (χ1n) is 7.94. The molecular formula is C21H19NO3. The summed E-state index contributed by atoms with van der Waals surface area (Å²) in [6, 6.07) is 16.6. The Hall–Kier alpha value is -3.27. The van der Waals surface area contributed by atoms with Gasteiger partial charge in [-0.2, -0.15) is 0 Å². The van der Waals surface area contributed by atoms with Gasteiger partial charge in [0.2, 0.25) is 0 Å². The van der Waals surface area contributed by atoms with Gasteiger partial charge in [-0.3, -0.25) is 0 Å². The van der Waals surface area contributed by atoms with Gasteiger partial charge in [0.05, 0.1) is 12.7 Å². The average Bonchev–Trinajstić information content (AvgIpc) is 2.65. The highest BCUT2D eigenvalue weighted by Crippen LogP contribution is 2.27. The van der Waals surface area contributed by atoms with Gasteiger partial charge in [0.25, 0.3) is 0 Å². The highest BCUT2D eigenvalue weighted by atomic mass is 16.5. The molecule has 4 nitrogen and oxygen atoms in total. The number of esters is 1. The van der Waals surface area contributed by atoms with Crippen molar-refractivity contribution in [3.63, 3.8) is 0 Å². The molecule has 0 unspecified atom stereocenters. The van der Waals surface area contributed by atoms with Crippen molar-refractivity contribution in [2.24, 2.45) is 5.73 Å². The summed E-state index contributed by atoms with van der Waals surface area (Å²) in [6.45, 7) is 0. The number of hydrogen-bond donors (Lipinski definition) is 1. The van der Waals surface area contributed by atoms with Crippen molar-refractivity contribution < 1.29 is 14.3 Å². The van der Waals surface area contributed by atoms with Crippen LogP contribution in [0.5, 0.6) is 5.75 Å². The van der Waals surface area contributed by atoms with Gasteiger partial charge in [0, 0.05) is 17.7 Å². The van der Waals surface area contributed by atoms with Crippen molar-refractivity contribution in [3.05, 3.63) is 94.9 Å². The Morgan fingerprint density at radius 2 is 1.76 bits per heavy atom. The van der Waals surface area contributed by atoms with Gasteiger partial charge >= 0.3 is 5.97 Å². The third-order valence-corrected chi connectivity index (χ3v) is 3.83. The van der Waals surface area contributed by atoms with Crippen molar-refractivity contribution in [2.45, 2.75) is 6.42 Å². The third-order valence-electron chi connectivity index (χ3n) is 3.83. The monoisotopic (exact) mass is 333 g/mol. The van der Waals surface area contributed by atoms with Crippen LogP contribution in [0.1, 0.15) is 22.3 Å². The van der Waals surface area contributed by atoms with E-state index in [1.54, 1.807) is 43.5 Å². The minimum Gasteiger partial charge on any atom is -0.497 e. The Labute approximate surface area is 146 Å². The van der Waals surface area contributed by atoms with E-state index in [0.29, 0.717) is 17.7 Å². The smallest absolute Gasteiger partial charge is 0.343 e. The molecule has 0 aromatic heterocycles. The van der Waals surface area contributed by atoms with Crippen molar-refractivity contribution in [1.29, 1.82) is 0 Å². The van der Waals surface area contributed by atoms with Crippen molar-refractivity contribution in [3.8, 4) is 5.75 Å². The Morgan fingerprint density at radius 1 is 1.04 bits per heavy atom. The summed E-state index contributed by atoms with van der Waals surface area (Å²) in [4.78, 5) is 12.3. The topological polar surface area (TPSA) is 61.6 Å². The second-order valence-corrected chi connectivity index (χ2v) is 5.65. The maximum Gasteiger partial charge on any atom is 0.343 e. The van der Waals surface area contributed by atoms with Crippen LogP contribution in [0.4, 0.5) is 0 Å². The van der Waals surface area contributed by atoms with Crippen LogP contribution in [0, 0.1) is 0 Å². The molecular weight excluding hydrogens is 314 g/mol. The number of allylic oxidation sites excluding steroid dienone is 4. The maximum atomic E-state index is 12.3. The van der Waals surface area contributed by atoms with Crippen LogP contribution in [-0.4, -0.2) is 13.1 Å². The Balaban J connectivity index is 1.84. The largest absolute Gasteiger partial charge is 0.497 e. The molecule has 0 radical (unpaired) electrons. The quantitative estimate of drug-likeness (QED) is 0.857. The zero-order chi connectivity index (χ0) is 17.6. The molecule has 2 aromatic rings. The van der Waals surface area contributed by atoms with Crippen molar-refractivity contribution >= 4 is 12.0 Å². The molecule has 0 fully saturated rings. The fourth-order valence-electron chi connectivity index (χ4n) is 2.51. The zero-order valence-corrected chi connectivity index (χ0v) is 13.9. The molecule has 0 saturated carbocycles. The third kappa shape index (κ3) is 4.18. The predicted octanol–water partition coefficient (Wildman–Crippen LogP) is 4.07. The van der Waals surface area contributed by atoms with Crippen LogP contribution in [0.2, 0.25) is 0 Å². The van der Waals surface area contributed by atoms with E-state index in [1.165, 1.54) is 0 Å². The van der Waals surface area contributed by atoms with Crippen molar-refractivity contribution in [2.75, 3.05) is 7.11 Å². The minimum absolute atomic E-state index is 0.388. The van der Waals surface area contributed by atoms with Gasteiger partial charge in [0.15, 0.2) is 0 Å². The van der Waals surface area contributed by atoms with Gasteiger partial charge in [-0.15, -0.1) is 0 Å². The lowest BCUT2D eigenvalue weighted by Crippen LogP contribution is -2.11. The van der Waals surface area contributed by atoms with Gasteiger partial charge in [0.1, 0.15) is 11.5 Å². The number of ether oxygens (including phenoxy) is 2. The van der Waals surface area contributed by atoms with Gasteiger partial charge in [-0.25, -0.2) is 4.79 Å². The van der Waals surface area contributed by atoms with Gasteiger partial charge < -0.3 is 15.2 Å². The van der Waals surface area contributed by atoms with Crippen LogP contribution in [0.3, 0.4) is 0 Å². The first-order valence-corrected chi connectivity index (χ1v) is 7.94. The Kier molecular flexibility index (Phi) is 5.00. The van der Waals surface area contributed by atoms with E-state index in [9.17, 15) is 4.79 Å². The molecule has 4 heteroatoms. The standard InChI is InChI=1S/C21H19NO3/c1-24-19-10-7-15(8-11-19)13-17-14-18(22)9-12-20(17)25-21(23)16-5-3-2-4-6-16/h2-13H,14,22H2,1H3. The average molecular weight is 333 g/mol. The summed E-state index contributed by atoms with van der Waals surface area (Å²) in [5, 5.41) is 0. The van der Waals surface area contributed by atoms with E-state index >= 15 is 0 Å². The summed E-state index contributed by atoms with van der Waals surface area (Å²) >= 11 is 0. The lowest BCUT2D eigenvalue weighted by molar-refractivity contribution is 0.0631. The van der Waals surface area contributed by atoms with Gasteiger partial charge in [-0.1, -0.05) is 30.3 Å². The van der Waals surface area contributed by atoms with E-state index in [-0.39, 0.29) is 5.97 Å². The van der Waals surface area contributed by atoms with E-state index in [2.05, 4.69) is 0 Å². The molecule has 1 aliphatic rings. The van der Waals surface area contributed by atoms with Crippen LogP contribution < -0.4 is 10.5 Å². The molecule has 3 rings (SSSR count). The molecule has 2 N–H and O–H groups in total. The van der Waals surface area contributed by atoms with Crippen LogP contribution in [-0.2, 0) is 4.74 Å². The lowest BCUT2D eigenvalue weighted by atomic mass is 10.00. The molecule has 25 heavy (non-hydrogen) atoms. The number of methoxy groups -OCH3 is 1. The van der Waals surface area contributed by atoms with Gasteiger partial charge in [-0.05, 0) is 48.1 Å². The first kappa shape index (κ1) is 16.6. The summed E-state index contributed by atoms with van der Waals surface area (Å²) in [7, 11) is 1.63. The molecule has 0 heterocycles. The molecule has 0 atom stereocenters. The number of carbonyl (C=O) groups is 1. The van der Waals surface area contributed by atoms with Crippen LogP contribution in [0.15, 0.2) is 83.8 Å². The molecule has 1 aliphatic carbocycles. The summed E-state index contributed by atoms with van der Waals surface area (Å²) < 4.78 is 10.8. The van der Waals surface area contributed by atoms with E-state index in [4.69, 9.17) is 15.2 Å². The second kappa shape index (κ2) is 7.53. The zero-order valence-electron chi connectivity index (χ0n) is 13.9.